The summed E-state index contributed by atoms with van der Waals surface area (Å²) in [4.78, 5) is 108. The van der Waals surface area contributed by atoms with Crippen LogP contribution in [0, 0.1) is 34.6 Å². The van der Waals surface area contributed by atoms with E-state index in [-0.39, 0.29) is 80.6 Å². The minimum atomic E-state index is -1.11. The number of nitrogens with one attached hydrogen (secondary N) is 5. The number of H-pyrrole nitrogens is 1. The topological polar surface area (TPSA) is 262 Å². The Morgan fingerprint density at radius 2 is 1.00 bits per heavy atom. The van der Waals surface area contributed by atoms with E-state index in [1.807, 2.05) is 83.1 Å². The van der Waals surface area contributed by atoms with Crippen molar-refractivity contribution in [3.05, 3.63) is 156 Å². The number of ether oxygens (including phenoxy) is 2. The fourth-order valence-corrected chi connectivity index (χ4v) is 11.0. The summed E-state index contributed by atoms with van der Waals surface area (Å²) in [6.45, 7) is 20.3. The maximum absolute atomic E-state index is 14.8. The third-order valence-corrected chi connectivity index (χ3v) is 15.1. The number of aromatic nitrogens is 2. The molecular weight excluding hydrogens is 1060 g/mol. The highest BCUT2D eigenvalue weighted by Gasteiger charge is 2.41. The lowest BCUT2D eigenvalue weighted by molar-refractivity contribution is -0.143. The van der Waals surface area contributed by atoms with Gasteiger partial charge in [0.15, 0.2) is 0 Å². The van der Waals surface area contributed by atoms with E-state index in [0.717, 1.165) is 55.6 Å². The van der Waals surface area contributed by atoms with Gasteiger partial charge in [-0.2, -0.15) is 0 Å². The van der Waals surface area contributed by atoms with Gasteiger partial charge in [0.05, 0.1) is 5.69 Å². The molecule has 0 saturated heterocycles. The molecule has 6 amide bonds. The molecule has 2 aliphatic rings. The Morgan fingerprint density at radius 3 is 1.41 bits per heavy atom. The van der Waals surface area contributed by atoms with Crippen LogP contribution in [0.1, 0.15) is 134 Å². The van der Waals surface area contributed by atoms with Crippen LogP contribution in [0.15, 0.2) is 77.6 Å². The van der Waals surface area contributed by atoms with Crippen molar-refractivity contribution in [2.45, 2.75) is 182 Å². The SMILES string of the molecule is Cc1cc(O)cc(C)c1C[C@H](NC(=O)OC(C)(C)C)C(=O)N1Cc2ccccc2C[C@H]1C(=O)NCCCCc1[nH]c(=O)c(CCCNC(=O)[C@@H]2Cc3ccccc3CN2C(=O)[C@H](Cc2c(C)cc(O)cc2C)NC(=O)OC(C)(C)C)nc1C. The van der Waals surface area contributed by atoms with Gasteiger partial charge in [0.1, 0.15) is 52.6 Å². The summed E-state index contributed by atoms with van der Waals surface area (Å²) in [6, 6.07) is 17.7. The number of amides is 6. The summed E-state index contributed by atoms with van der Waals surface area (Å²) in [5, 5.41) is 32.1. The van der Waals surface area contributed by atoms with Crippen molar-refractivity contribution in [3.63, 3.8) is 0 Å². The molecule has 0 fully saturated rings. The zero-order valence-corrected chi connectivity index (χ0v) is 49.8. The van der Waals surface area contributed by atoms with Crippen molar-refractivity contribution in [2.24, 2.45) is 0 Å². The summed E-state index contributed by atoms with van der Waals surface area (Å²) >= 11 is 0. The van der Waals surface area contributed by atoms with E-state index in [4.69, 9.17) is 9.47 Å². The Hall–Kier alpha value is -8.22. The molecule has 4 atom stereocenters. The van der Waals surface area contributed by atoms with Gasteiger partial charge in [-0.25, -0.2) is 9.59 Å². The molecule has 0 aliphatic carbocycles. The molecule has 3 heterocycles. The van der Waals surface area contributed by atoms with Crippen LogP contribution in [0.2, 0.25) is 0 Å². The zero-order chi connectivity index (χ0) is 60.5. The monoisotopic (exact) mass is 1140 g/mol. The first-order chi connectivity index (χ1) is 39.1. The minimum absolute atomic E-state index is 0.0860. The number of nitrogens with zero attached hydrogens (tertiary/aromatic N) is 3. The Kier molecular flexibility index (Phi) is 20.1. The highest BCUT2D eigenvalue weighted by atomic mass is 16.6. The fourth-order valence-electron chi connectivity index (χ4n) is 11.0. The molecule has 0 spiro atoms. The molecule has 444 valence electrons. The summed E-state index contributed by atoms with van der Waals surface area (Å²) < 4.78 is 11.2. The van der Waals surface area contributed by atoms with Crippen molar-refractivity contribution in [1.82, 2.24) is 41.0 Å². The van der Waals surface area contributed by atoms with Gasteiger partial charge >= 0.3 is 12.2 Å². The second-order valence-electron chi connectivity index (χ2n) is 24.1. The standard InChI is InChI=1S/C64H82N8O11/c1-37-27-46(73)28-38(2)48(37)33-52(69-61(80)82-63(6,7)8)59(78)71-35-44-21-14-12-19-42(44)31-54(71)57(76)65-25-17-16-23-50-41(5)67-51(56(75)68-50)24-18-26-66-58(77)55-32-43-20-13-15-22-45(43)36-72(55)60(79)53(70-62(81)83-64(9,10)11)34-49-39(3)29-47(74)30-40(49)4/h12-15,19-22,27-30,52-55,73-74H,16-18,23-26,31-36H2,1-11H3,(H,65,76)(H,66,77)(H,68,75)(H,69,80)(H,70,81)/t52-,53-,54-,55-/m0/s1. The number of hydrogen-bond acceptors (Lipinski definition) is 12. The average molecular weight is 1140 g/mol. The molecule has 0 radical (unpaired) electrons. The molecule has 4 aromatic carbocycles. The number of aromatic hydroxyl groups is 2. The summed E-state index contributed by atoms with van der Waals surface area (Å²) in [5.41, 5.74) is 7.80. The van der Waals surface area contributed by atoms with Gasteiger partial charge in [-0.05, 0) is 188 Å². The number of rotatable bonds is 19. The van der Waals surface area contributed by atoms with Crippen LogP contribution in [-0.2, 0) is 80.3 Å². The number of carbonyl (C=O) groups is 6. The van der Waals surface area contributed by atoms with Gasteiger partial charge in [0.25, 0.3) is 5.56 Å². The van der Waals surface area contributed by atoms with E-state index < -0.39 is 59.4 Å². The molecule has 7 rings (SSSR count). The Balaban J connectivity index is 0.951. The van der Waals surface area contributed by atoms with Crippen LogP contribution in [-0.4, -0.2) is 114 Å². The van der Waals surface area contributed by atoms with Crippen molar-refractivity contribution in [2.75, 3.05) is 13.1 Å². The lowest BCUT2D eigenvalue weighted by Crippen LogP contribution is -2.58. The lowest BCUT2D eigenvalue weighted by Gasteiger charge is -2.38. The maximum atomic E-state index is 14.8. The number of hydrogen-bond donors (Lipinski definition) is 7. The zero-order valence-electron chi connectivity index (χ0n) is 49.8. The number of alkyl carbamates (subject to hydrolysis) is 2. The Bertz CT molecular complexity index is 3240. The molecule has 7 N–H and O–H groups in total. The predicted octanol–water partition coefficient (Wildman–Crippen LogP) is 7.39. The van der Waals surface area contributed by atoms with Gasteiger partial charge in [-0.3, -0.25) is 29.0 Å². The van der Waals surface area contributed by atoms with Crippen molar-refractivity contribution >= 4 is 35.8 Å². The van der Waals surface area contributed by atoms with E-state index in [1.165, 1.54) is 9.80 Å². The molecule has 19 heteroatoms. The van der Waals surface area contributed by atoms with Crippen LogP contribution in [0.5, 0.6) is 11.5 Å². The van der Waals surface area contributed by atoms with Crippen molar-refractivity contribution in [3.8, 4) is 11.5 Å². The number of benzene rings is 4. The van der Waals surface area contributed by atoms with E-state index >= 15 is 0 Å². The molecule has 0 saturated carbocycles. The first-order valence-electron chi connectivity index (χ1n) is 28.6. The molecule has 83 heavy (non-hydrogen) atoms. The highest BCUT2D eigenvalue weighted by Crippen LogP contribution is 2.30. The summed E-state index contributed by atoms with van der Waals surface area (Å²) in [7, 11) is 0. The number of aromatic amines is 1. The normalized spacial score (nSPS) is 15.7. The third kappa shape index (κ3) is 16.7. The minimum Gasteiger partial charge on any atom is -0.508 e. The highest BCUT2D eigenvalue weighted by molar-refractivity contribution is 5.93. The number of unbranched alkanes of at least 4 members (excludes halogenated alkanes) is 1. The Labute approximate surface area is 486 Å². The van der Waals surface area contributed by atoms with Crippen LogP contribution in [0.25, 0.3) is 0 Å². The molecule has 1 aromatic heterocycles. The third-order valence-electron chi connectivity index (χ3n) is 15.1. The van der Waals surface area contributed by atoms with Crippen molar-refractivity contribution < 1.29 is 48.5 Å². The first-order valence-corrected chi connectivity index (χ1v) is 28.6. The lowest BCUT2D eigenvalue weighted by atomic mass is 9.91. The number of aryl methyl sites for hydroxylation is 7. The number of carbonyl (C=O) groups excluding carboxylic acids is 6. The van der Waals surface area contributed by atoms with E-state index in [1.54, 1.807) is 65.8 Å². The van der Waals surface area contributed by atoms with Gasteiger partial charge < -0.3 is 55.7 Å². The van der Waals surface area contributed by atoms with Gasteiger partial charge in [-0.15, -0.1) is 0 Å². The molecule has 0 bridgehead atoms. The summed E-state index contributed by atoms with van der Waals surface area (Å²) in [5.74, 6) is -1.45. The van der Waals surface area contributed by atoms with Crippen LogP contribution < -0.4 is 26.8 Å². The maximum Gasteiger partial charge on any atom is 0.408 e. The molecule has 0 unspecified atom stereocenters. The van der Waals surface area contributed by atoms with Gasteiger partial charge in [-0.1, -0.05) is 48.5 Å². The predicted molar refractivity (Wildman–Crippen MR) is 315 cm³/mol. The van der Waals surface area contributed by atoms with Crippen LogP contribution in [0.3, 0.4) is 0 Å². The van der Waals surface area contributed by atoms with E-state index in [0.29, 0.717) is 49.3 Å². The number of phenolic OH excluding ortho intramolecular Hbond substituents is 2. The van der Waals surface area contributed by atoms with Crippen LogP contribution in [0.4, 0.5) is 9.59 Å². The van der Waals surface area contributed by atoms with Gasteiger partial charge in [0.2, 0.25) is 23.6 Å². The van der Waals surface area contributed by atoms with E-state index in [2.05, 4.69) is 31.2 Å². The molecular formula is C64H82N8O11. The van der Waals surface area contributed by atoms with E-state index in [9.17, 15) is 43.8 Å². The van der Waals surface area contributed by atoms with Crippen LogP contribution >= 0.6 is 0 Å². The smallest absolute Gasteiger partial charge is 0.408 e. The first kappa shape index (κ1) is 62.4. The second-order valence-corrected chi connectivity index (χ2v) is 24.1. The quantitative estimate of drug-likeness (QED) is 0.0400. The fraction of sp³-hybridized carbons (Fsp3) is 0.469. The summed E-state index contributed by atoms with van der Waals surface area (Å²) in [6.07, 6.45) is 1.45. The molecule has 5 aromatic rings. The number of phenols is 2. The number of fused-ring (bicyclic) bond motifs is 2. The largest absolute Gasteiger partial charge is 0.508 e. The van der Waals surface area contributed by atoms with Crippen molar-refractivity contribution in [1.29, 1.82) is 0 Å². The Morgan fingerprint density at radius 1 is 0.602 bits per heavy atom. The van der Waals surface area contributed by atoms with Gasteiger partial charge in [0, 0.05) is 57.6 Å². The molecule has 19 nitrogen and oxygen atoms in total. The second kappa shape index (κ2) is 26.8. The molecule has 2 aliphatic heterocycles. The average Bonchev–Trinajstić information content (AvgIpc) is 3.40.